The van der Waals surface area contributed by atoms with Gasteiger partial charge in [0.2, 0.25) is 0 Å². The van der Waals surface area contributed by atoms with E-state index >= 15 is 0 Å². The Morgan fingerprint density at radius 1 is 1.17 bits per heavy atom. The van der Waals surface area contributed by atoms with E-state index in [-0.39, 0.29) is 11.9 Å². The first-order valence-corrected chi connectivity index (χ1v) is 11.3. The van der Waals surface area contributed by atoms with Gasteiger partial charge in [-0.2, -0.15) is 0 Å². The molecule has 2 heterocycles. The highest BCUT2D eigenvalue weighted by atomic mass is 32.1. The number of carbonyl (C=O) groups is 1. The molecule has 2 atom stereocenters. The summed E-state index contributed by atoms with van der Waals surface area (Å²) >= 11 is 1.61. The largest absolute Gasteiger partial charge is 0.497 e. The molecular formula is C24H25N3O2S. The number of aromatic nitrogens is 2. The van der Waals surface area contributed by atoms with Gasteiger partial charge in [0, 0.05) is 23.4 Å². The summed E-state index contributed by atoms with van der Waals surface area (Å²) in [4.78, 5) is 18.5. The Bertz CT molecular complexity index is 1210. The maximum Gasteiger partial charge on any atom is 0.251 e. The van der Waals surface area contributed by atoms with E-state index in [1.165, 1.54) is 19.3 Å². The number of nitrogens with one attached hydrogen (secondary N) is 1. The fourth-order valence-corrected chi connectivity index (χ4v) is 5.37. The Balaban J connectivity index is 1.41. The van der Waals surface area contributed by atoms with Crippen molar-refractivity contribution < 1.29 is 9.53 Å². The van der Waals surface area contributed by atoms with Crippen LogP contribution >= 0.6 is 11.3 Å². The summed E-state index contributed by atoms with van der Waals surface area (Å²) in [6.07, 6.45) is 6.80. The predicted molar refractivity (Wildman–Crippen MR) is 121 cm³/mol. The van der Waals surface area contributed by atoms with E-state index in [9.17, 15) is 4.79 Å². The van der Waals surface area contributed by atoms with Crippen LogP contribution in [0.1, 0.15) is 43.0 Å². The number of rotatable bonds is 4. The summed E-state index contributed by atoms with van der Waals surface area (Å²) < 4.78 is 8.41. The molecule has 0 spiro atoms. The van der Waals surface area contributed by atoms with Crippen LogP contribution in [-0.4, -0.2) is 28.4 Å². The maximum atomic E-state index is 12.8. The monoisotopic (exact) mass is 419 g/mol. The Morgan fingerprint density at radius 2 is 1.97 bits per heavy atom. The van der Waals surface area contributed by atoms with Gasteiger partial charge in [-0.3, -0.25) is 9.20 Å². The van der Waals surface area contributed by atoms with Crippen LogP contribution in [0.5, 0.6) is 5.75 Å². The second kappa shape index (κ2) is 7.76. The number of imidazole rings is 1. The van der Waals surface area contributed by atoms with Gasteiger partial charge in [-0.25, -0.2) is 4.98 Å². The topological polar surface area (TPSA) is 55.6 Å². The van der Waals surface area contributed by atoms with Crippen molar-refractivity contribution in [2.24, 2.45) is 5.92 Å². The molecule has 5 nitrogen and oxygen atoms in total. The number of hydrogen-bond donors (Lipinski definition) is 1. The molecule has 0 aliphatic heterocycles. The molecule has 1 aliphatic carbocycles. The van der Waals surface area contributed by atoms with Crippen molar-refractivity contribution >= 4 is 32.4 Å². The van der Waals surface area contributed by atoms with Gasteiger partial charge < -0.3 is 10.1 Å². The van der Waals surface area contributed by atoms with Gasteiger partial charge in [0.1, 0.15) is 5.75 Å². The first-order chi connectivity index (χ1) is 14.6. The third kappa shape index (κ3) is 3.45. The van der Waals surface area contributed by atoms with E-state index in [1.807, 2.05) is 42.5 Å². The summed E-state index contributed by atoms with van der Waals surface area (Å²) in [7, 11) is 1.66. The van der Waals surface area contributed by atoms with Crippen LogP contribution in [0.4, 0.5) is 0 Å². The number of fused-ring (bicyclic) bond motifs is 3. The number of benzene rings is 2. The molecule has 2 aromatic heterocycles. The molecule has 0 saturated heterocycles. The van der Waals surface area contributed by atoms with Crippen molar-refractivity contribution in [3.05, 3.63) is 54.2 Å². The first kappa shape index (κ1) is 19.1. The lowest BCUT2D eigenvalue weighted by Crippen LogP contribution is -2.41. The highest BCUT2D eigenvalue weighted by Crippen LogP contribution is 2.31. The van der Waals surface area contributed by atoms with Gasteiger partial charge in [-0.15, -0.1) is 0 Å². The number of thiazole rings is 1. The number of methoxy groups -OCH3 is 1. The molecule has 0 radical (unpaired) electrons. The standard InChI is InChI=1S/C24H25N3O2S/c1-15-5-3-4-6-19(15)25-23(28)17-9-12-21-22(13-17)30-24-26-20(14-27(21)24)16-7-10-18(29-2)11-8-16/h7-15,19H,3-6H2,1-2H3,(H,25,28)/t15-,19-/m0/s1. The van der Waals surface area contributed by atoms with Crippen molar-refractivity contribution in [2.45, 2.75) is 38.6 Å². The smallest absolute Gasteiger partial charge is 0.251 e. The van der Waals surface area contributed by atoms with E-state index in [0.29, 0.717) is 5.92 Å². The molecular weight excluding hydrogens is 394 g/mol. The van der Waals surface area contributed by atoms with Crippen LogP contribution in [0, 0.1) is 5.92 Å². The van der Waals surface area contributed by atoms with Gasteiger partial charge in [0.15, 0.2) is 4.96 Å². The lowest BCUT2D eigenvalue weighted by Gasteiger charge is -2.29. The highest BCUT2D eigenvalue weighted by molar-refractivity contribution is 7.23. The van der Waals surface area contributed by atoms with Crippen molar-refractivity contribution in [1.29, 1.82) is 0 Å². The van der Waals surface area contributed by atoms with Gasteiger partial charge >= 0.3 is 0 Å². The molecule has 1 amide bonds. The average Bonchev–Trinajstić information content (AvgIpc) is 3.33. The van der Waals surface area contributed by atoms with E-state index in [1.54, 1.807) is 18.4 Å². The minimum Gasteiger partial charge on any atom is -0.497 e. The van der Waals surface area contributed by atoms with E-state index < -0.39 is 0 Å². The molecule has 154 valence electrons. The van der Waals surface area contributed by atoms with Crippen molar-refractivity contribution in [2.75, 3.05) is 7.11 Å². The minimum absolute atomic E-state index is 0.0283. The van der Waals surface area contributed by atoms with Crippen LogP contribution in [0.3, 0.4) is 0 Å². The molecule has 1 saturated carbocycles. The summed E-state index contributed by atoms with van der Waals surface area (Å²) in [5.74, 6) is 1.41. The number of carbonyl (C=O) groups excluding carboxylic acids is 1. The molecule has 1 N–H and O–H groups in total. The molecule has 4 aromatic rings. The van der Waals surface area contributed by atoms with Crippen LogP contribution in [0.25, 0.3) is 26.4 Å². The normalized spacial score (nSPS) is 19.3. The van der Waals surface area contributed by atoms with E-state index in [4.69, 9.17) is 9.72 Å². The van der Waals surface area contributed by atoms with E-state index in [2.05, 4.69) is 22.8 Å². The van der Waals surface area contributed by atoms with Crippen LogP contribution < -0.4 is 10.1 Å². The number of hydrogen-bond acceptors (Lipinski definition) is 4. The summed E-state index contributed by atoms with van der Waals surface area (Å²) in [5, 5.41) is 3.25. The van der Waals surface area contributed by atoms with Gasteiger partial charge in [0.25, 0.3) is 5.91 Å². The molecule has 2 aromatic carbocycles. The van der Waals surface area contributed by atoms with Gasteiger partial charge in [0.05, 0.1) is 23.0 Å². The summed E-state index contributed by atoms with van der Waals surface area (Å²) in [6.45, 7) is 2.24. The van der Waals surface area contributed by atoms with Crippen molar-refractivity contribution in [1.82, 2.24) is 14.7 Å². The number of nitrogens with zero attached hydrogens (tertiary/aromatic N) is 2. The van der Waals surface area contributed by atoms with Gasteiger partial charge in [-0.05, 0) is 61.2 Å². The second-order valence-corrected chi connectivity index (χ2v) is 9.14. The lowest BCUT2D eigenvalue weighted by atomic mass is 9.86. The average molecular weight is 420 g/mol. The number of amides is 1. The van der Waals surface area contributed by atoms with Gasteiger partial charge in [-0.1, -0.05) is 31.1 Å². The Kier molecular flexibility index (Phi) is 4.95. The number of ether oxygens (including phenoxy) is 1. The summed E-state index contributed by atoms with van der Waals surface area (Å²) in [5.41, 5.74) is 3.78. The second-order valence-electron chi connectivity index (χ2n) is 8.13. The zero-order valence-corrected chi connectivity index (χ0v) is 18.0. The van der Waals surface area contributed by atoms with Crippen LogP contribution in [0.2, 0.25) is 0 Å². The molecule has 5 rings (SSSR count). The zero-order chi connectivity index (χ0) is 20.7. The third-order valence-corrected chi connectivity index (χ3v) is 7.19. The Labute approximate surface area is 179 Å². The molecule has 1 aliphatic rings. The molecule has 30 heavy (non-hydrogen) atoms. The quantitative estimate of drug-likeness (QED) is 0.473. The predicted octanol–water partition coefficient (Wildman–Crippen LogP) is 5.53. The van der Waals surface area contributed by atoms with Crippen LogP contribution in [0.15, 0.2) is 48.7 Å². The van der Waals surface area contributed by atoms with Crippen molar-refractivity contribution in [3.8, 4) is 17.0 Å². The van der Waals surface area contributed by atoms with E-state index in [0.717, 1.165) is 44.2 Å². The first-order valence-electron chi connectivity index (χ1n) is 10.5. The molecule has 0 unspecified atom stereocenters. The summed E-state index contributed by atoms with van der Waals surface area (Å²) in [6, 6.07) is 14.1. The molecule has 6 heteroatoms. The minimum atomic E-state index is 0.0283. The maximum absolute atomic E-state index is 12.8. The third-order valence-electron chi connectivity index (χ3n) is 6.17. The van der Waals surface area contributed by atoms with Crippen molar-refractivity contribution in [3.63, 3.8) is 0 Å². The molecule has 0 bridgehead atoms. The van der Waals surface area contributed by atoms with Crippen LogP contribution in [-0.2, 0) is 0 Å². The Hall–Kier alpha value is -2.86. The highest BCUT2D eigenvalue weighted by Gasteiger charge is 2.23. The fraction of sp³-hybridized carbons (Fsp3) is 0.333. The SMILES string of the molecule is COc1ccc(-c2cn3c(n2)sc2cc(C(=O)N[C@H]4CCCC[C@@H]4C)ccc23)cc1. The zero-order valence-electron chi connectivity index (χ0n) is 17.2. The lowest BCUT2D eigenvalue weighted by molar-refractivity contribution is 0.0910. The molecule has 1 fully saturated rings. The Morgan fingerprint density at radius 3 is 2.73 bits per heavy atom. The fourth-order valence-electron chi connectivity index (χ4n) is 4.33.